The monoisotopic (exact) mass is 216 g/mol. The largest absolute Gasteiger partial charge is 0.0937 e. The highest BCUT2D eigenvalue weighted by Gasteiger charge is 2.07. The summed E-state index contributed by atoms with van der Waals surface area (Å²) >= 11 is 0. The molecule has 0 aliphatic heterocycles. The highest BCUT2D eigenvalue weighted by molar-refractivity contribution is 5.15. The molecule has 0 N–H and O–H groups in total. The first kappa shape index (κ1) is 11.9. The molecule has 0 amide bonds. The van der Waals surface area contributed by atoms with Crippen molar-refractivity contribution in [1.82, 2.24) is 0 Å². The molecule has 0 unspecified atom stereocenters. The number of hydrogen-bond acceptors (Lipinski definition) is 2. The third-order valence-corrected chi connectivity index (χ3v) is 2.17. The van der Waals surface area contributed by atoms with Crippen LogP contribution >= 0.6 is 0 Å². The van der Waals surface area contributed by atoms with Crippen LogP contribution in [0, 0.1) is 5.92 Å². The topological polar surface area (TPSA) is 97.5 Å². The van der Waals surface area contributed by atoms with E-state index in [-0.39, 0.29) is 5.92 Å². The minimum atomic E-state index is 0.0641. The molecule has 1 rings (SSSR count). The summed E-state index contributed by atoms with van der Waals surface area (Å²) in [6, 6.07) is 9.85. The smallest absolute Gasteiger partial charge is 0.0290 e. The van der Waals surface area contributed by atoms with Crippen LogP contribution in [0.5, 0.6) is 0 Å². The van der Waals surface area contributed by atoms with E-state index in [0.717, 1.165) is 12.0 Å². The van der Waals surface area contributed by atoms with E-state index in [0.29, 0.717) is 13.1 Å². The molecule has 6 nitrogen and oxygen atoms in total. The third-order valence-electron chi connectivity index (χ3n) is 2.17. The van der Waals surface area contributed by atoms with Crippen molar-refractivity contribution in [2.75, 3.05) is 13.1 Å². The lowest BCUT2D eigenvalue weighted by Gasteiger charge is -2.10. The van der Waals surface area contributed by atoms with Crippen molar-refractivity contribution in [3.8, 4) is 0 Å². The van der Waals surface area contributed by atoms with E-state index in [1.807, 2.05) is 30.3 Å². The molecule has 82 valence electrons. The summed E-state index contributed by atoms with van der Waals surface area (Å²) in [5.41, 5.74) is 17.7. The number of benzene rings is 1. The van der Waals surface area contributed by atoms with Gasteiger partial charge in [0.1, 0.15) is 0 Å². The Hall–Kier alpha value is -2.16. The minimum Gasteiger partial charge on any atom is -0.0937 e. The van der Waals surface area contributed by atoms with Gasteiger partial charge in [0, 0.05) is 22.9 Å². The van der Waals surface area contributed by atoms with Gasteiger partial charge in [-0.2, -0.15) is 0 Å². The van der Waals surface area contributed by atoms with E-state index in [1.165, 1.54) is 0 Å². The van der Waals surface area contributed by atoms with Crippen LogP contribution in [0.25, 0.3) is 20.9 Å². The van der Waals surface area contributed by atoms with Crippen molar-refractivity contribution in [1.29, 1.82) is 0 Å². The van der Waals surface area contributed by atoms with Gasteiger partial charge in [-0.1, -0.05) is 40.6 Å². The Kier molecular flexibility index (Phi) is 5.34. The van der Waals surface area contributed by atoms with Crippen molar-refractivity contribution in [3.63, 3.8) is 0 Å². The van der Waals surface area contributed by atoms with Crippen LogP contribution in [0.4, 0.5) is 0 Å². The molecule has 0 aromatic heterocycles. The Labute approximate surface area is 93.2 Å². The Morgan fingerprint density at radius 3 is 2.06 bits per heavy atom. The molecule has 0 spiro atoms. The van der Waals surface area contributed by atoms with Gasteiger partial charge in [0.15, 0.2) is 0 Å². The molecule has 0 saturated carbocycles. The fourth-order valence-corrected chi connectivity index (χ4v) is 1.44. The van der Waals surface area contributed by atoms with Crippen molar-refractivity contribution in [2.24, 2.45) is 16.1 Å². The third kappa shape index (κ3) is 4.37. The molecule has 0 aliphatic carbocycles. The van der Waals surface area contributed by atoms with Gasteiger partial charge in [0.05, 0.1) is 0 Å². The highest BCUT2D eigenvalue weighted by Crippen LogP contribution is 2.10. The van der Waals surface area contributed by atoms with Gasteiger partial charge in [-0.25, -0.2) is 0 Å². The quantitative estimate of drug-likeness (QED) is 0.395. The maximum absolute atomic E-state index is 8.26. The predicted molar refractivity (Wildman–Crippen MR) is 61.7 cm³/mol. The molecule has 1 aromatic rings. The summed E-state index contributed by atoms with van der Waals surface area (Å²) in [6.07, 6.45) is 0.749. The Bertz CT molecular complexity index is 383. The lowest BCUT2D eigenvalue weighted by atomic mass is 10.00. The molecule has 1 aromatic carbocycles. The zero-order valence-corrected chi connectivity index (χ0v) is 8.77. The maximum atomic E-state index is 8.26. The Morgan fingerprint density at radius 2 is 1.56 bits per heavy atom. The second kappa shape index (κ2) is 7.17. The number of nitrogens with zero attached hydrogens (tertiary/aromatic N) is 6. The average molecular weight is 216 g/mol. The fourth-order valence-electron chi connectivity index (χ4n) is 1.44. The summed E-state index contributed by atoms with van der Waals surface area (Å²) in [5, 5.41) is 7.04. The van der Waals surface area contributed by atoms with E-state index in [1.54, 1.807) is 0 Å². The normalized spacial score (nSPS) is 11.0. The molecular weight excluding hydrogens is 204 g/mol. The number of azide groups is 2. The minimum absolute atomic E-state index is 0.0641. The molecule has 0 aliphatic rings. The van der Waals surface area contributed by atoms with Gasteiger partial charge in [-0.3, -0.25) is 0 Å². The second-order valence-electron chi connectivity index (χ2n) is 3.38. The van der Waals surface area contributed by atoms with Crippen LogP contribution in [-0.2, 0) is 6.42 Å². The molecule has 16 heavy (non-hydrogen) atoms. The van der Waals surface area contributed by atoms with Crippen LogP contribution in [0.1, 0.15) is 5.56 Å². The van der Waals surface area contributed by atoms with Crippen molar-refractivity contribution < 1.29 is 0 Å². The van der Waals surface area contributed by atoms with Crippen LogP contribution in [0.2, 0.25) is 0 Å². The van der Waals surface area contributed by atoms with Gasteiger partial charge in [0.25, 0.3) is 0 Å². The first-order valence-corrected chi connectivity index (χ1v) is 4.92. The zero-order valence-electron chi connectivity index (χ0n) is 8.77. The Morgan fingerprint density at radius 1 is 1.00 bits per heavy atom. The molecule has 6 heteroatoms. The maximum Gasteiger partial charge on any atom is 0.0290 e. The highest BCUT2D eigenvalue weighted by atomic mass is 15.1. The van der Waals surface area contributed by atoms with E-state index in [9.17, 15) is 0 Å². The summed E-state index contributed by atoms with van der Waals surface area (Å²) < 4.78 is 0. The zero-order chi connectivity index (χ0) is 11.6. The van der Waals surface area contributed by atoms with E-state index >= 15 is 0 Å². The molecule has 0 bridgehead atoms. The number of rotatable bonds is 6. The van der Waals surface area contributed by atoms with Gasteiger partial charge >= 0.3 is 0 Å². The fraction of sp³-hybridized carbons (Fsp3) is 0.400. The van der Waals surface area contributed by atoms with Gasteiger partial charge < -0.3 is 0 Å². The lowest BCUT2D eigenvalue weighted by molar-refractivity contribution is 0.546. The van der Waals surface area contributed by atoms with Crippen LogP contribution in [0.3, 0.4) is 0 Å². The van der Waals surface area contributed by atoms with E-state index in [4.69, 9.17) is 11.1 Å². The summed E-state index contributed by atoms with van der Waals surface area (Å²) in [4.78, 5) is 5.43. The Balaban J connectivity index is 2.62. The standard InChI is InChI=1S/C10H12N6/c11-15-13-7-10(8-14-16-12)6-9-4-2-1-3-5-9/h1-5,10H,6-8H2. The van der Waals surface area contributed by atoms with Crippen LogP contribution in [0.15, 0.2) is 40.6 Å². The summed E-state index contributed by atoms with van der Waals surface area (Å²) in [6.45, 7) is 0.703. The molecule has 0 radical (unpaired) electrons. The molecule has 0 heterocycles. The van der Waals surface area contributed by atoms with E-state index < -0.39 is 0 Å². The lowest BCUT2D eigenvalue weighted by Crippen LogP contribution is -2.11. The predicted octanol–water partition coefficient (Wildman–Crippen LogP) is 3.47. The van der Waals surface area contributed by atoms with Gasteiger partial charge in [-0.05, 0) is 29.0 Å². The average Bonchev–Trinajstić information content (AvgIpc) is 2.34. The van der Waals surface area contributed by atoms with Crippen molar-refractivity contribution >= 4 is 0 Å². The molecule has 0 atom stereocenters. The first-order valence-electron chi connectivity index (χ1n) is 4.92. The summed E-state index contributed by atoms with van der Waals surface area (Å²) in [5.74, 6) is 0.0641. The van der Waals surface area contributed by atoms with Crippen LogP contribution in [-0.4, -0.2) is 13.1 Å². The van der Waals surface area contributed by atoms with Gasteiger partial charge in [-0.15, -0.1) is 0 Å². The van der Waals surface area contributed by atoms with Crippen LogP contribution < -0.4 is 0 Å². The van der Waals surface area contributed by atoms with E-state index in [2.05, 4.69) is 20.1 Å². The molecule has 0 fully saturated rings. The van der Waals surface area contributed by atoms with Crippen molar-refractivity contribution in [3.05, 3.63) is 56.8 Å². The van der Waals surface area contributed by atoms with Crippen molar-refractivity contribution in [2.45, 2.75) is 6.42 Å². The molecular formula is C10H12N6. The SMILES string of the molecule is [N-]=[N+]=NCC(CN=[N+]=[N-])Cc1ccccc1. The number of hydrogen-bond donors (Lipinski definition) is 0. The molecule has 0 saturated heterocycles. The summed E-state index contributed by atoms with van der Waals surface area (Å²) in [7, 11) is 0. The first-order chi connectivity index (χ1) is 7.86. The van der Waals surface area contributed by atoms with Gasteiger partial charge in [0.2, 0.25) is 0 Å². The second-order valence-corrected chi connectivity index (χ2v) is 3.38.